The molecule has 0 radical (unpaired) electrons. The minimum atomic E-state index is 0.164. The van der Waals surface area contributed by atoms with Crippen LogP contribution in [0.1, 0.15) is 34.3 Å². The summed E-state index contributed by atoms with van der Waals surface area (Å²) in [5.74, 6) is 0.164. The fourth-order valence-electron chi connectivity index (χ4n) is 2.17. The number of carbonyl (C=O) groups excluding carboxylic acids is 1. The van der Waals surface area contributed by atoms with Crippen LogP contribution in [0.15, 0.2) is 12.1 Å². The number of carbonyl (C=O) groups is 1. The second-order valence-electron chi connectivity index (χ2n) is 4.15. The Morgan fingerprint density at radius 3 is 3.06 bits per heavy atom. The SMILES string of the molecule is CCc1ccc(C(=O)N2CCCC2CN)s1. The number of amides is 1. The molecule has 0 bridgehead atoms. The maximum absolute atomic E-state index is 12.2. The van der Waals surface area contributed by atoms with Gasteiger partial charge in [0, 0.05) is 24.0 Å². The van der Waals surface area contributed by atoms with Crippen LogP contribution in [0.3, 0.4) is 0 Å². The Morgan fingerprint density at radius 2 is 2.44 bits per heavy atom. The van der Waals surface area contributed by atoms with E-state index in [4.69, 9.17) is 5.73 Å². The van der Waals surface area contributed by atoms with Gasteiger partial charge in [0.1, 0.15) is 0 Å². The van der Waals surface area contributed by atoms with Gasteiger partial charge in [-0.3, -0.25) is 4.79 Å². The lowest BCUT2D eigenvalue weighted by Crippen LogP contribution is -2.39. The molecule has 1 unspecified atom stereocenters. The molecule has 2 N–H and O–H groups in total. The van der Waals surface area contributed by atoms with Gasteiger partial charge in [0.05, 0.1) is 4.88 Å². The number of hydrogen-bond donors (Lipinski definition) is 1. The second-order valence-corrected chi connectivity index (χ2v) is 5.32. The fraction of sp³-hybridized carbons (Fsp3) is 0.583. The van der Waals surface area contributed by atoms with Gasteiger partial charge in [-0.1, -0.05) is 6.92 Å². The van der Waals surface area contributed by atoms with E-state index >= 15 is 0 Å². The summed E-state index contributed by atoms with van der Waals surface area (Å²) < 4.78 is 0. The topological polar surface area (TPSA) is 46.3 Å². The van der Waals surface area contributed by atoms with Crippen LogP contribution in [0, 0.1) is 0 Å². The van der Waals surface area contributed by atoms with E-state index in [1.54, 1.807) is 11.3 Å². The number of thiophene rings is 1. The minimum Gasteiger partial charge on any atom is -0.334 e. The van der Waals surface area contributed by atoms with E-state index in [-0.39, 0.29) is 11.9 Å². The van der Waals surface area contributed by atoms with Crippen molar-refractivity contribution in [3.63, 3.8) is 0 Å². The van der Waals surface area contributed by atoms with Gasteiger partial charge in [-0.15, -0.1) is 11.3 Å². The van der Waals surface area contributed by atoms with Crippen LogP contribution in [0.25, 0.3) is 0 Å². The molecule has 1 atom stereocenters. The smallest absolute Gasteiger partial charge is 0.264 e. The number of nitrogens with zero attached hydrogens (tertiary/aromatic N) is 1. The summed E-state index contributed by atoms with van der Waals surface area (Å²) in [6.07, 6.45) is 3.13. The third-order valence-corrected chi connectivity index (χ3v) is 4.35. The highest BCUT2D eigenvalue weighted by atomic mass is 32.1. The molecule has 1 aliphatic heterocycles. The molecular weight excluding hydrogens is 220 g/mol. The number of rotatable bonds is 3. The van der Waals surface area contributed by atoms with Gasteiger partial charge in [-0.2, -0.15) is 0 Å². The molecule has 0 spiro atoms. The van der Waals surface area contributed by atoms with Gasteiger partial charge in [-0.05, 0) is 31.4 Å². The summed E-state index contributed by atoms with van der Waals surface area (Å²) in [5, 5.41) is 0. The molecule has 2 heterocycles. The molecular formula is C12H18N2OS. The van der Waals surface area contributed by atoms with Crippen molar-refractivity contribution >= 4 is 17.2 Å². The molecule has 1 aliphatic rings. The van der Waals surface area contributed by atoms with Crippen molar-refractivity contribution in [3.05, 3.63) is 21.9 Å². The third-order valence-electron chi connectivity index (χ3n) is 3.13. The lowest BCUT2D eigenvalue weighted by molar-refractivity contribution is 0.0746. The summed E-state index contributed by atoms with van der Waals surface area (Å²) in [7, 11) is 0. The van der Waals surface area contributed by atoms with Crippen molar-refractivity contribution in [2.45, 2.75) is 32.2 Å². The fourth-order valence-corrected chi connectivity index (χ4v) is 3.08. The van der Waals surface area contributed by atoms with Crippen molar-refractivity contribution in [1.82, 2.24) is 4.90 Å². The molecule has 0 aliphatic carbocycles. The molecule has 0 aromatic carbocycles. The Bertz CT molecular complexity index is 375. The first-order valence-corrected chi connectivity index (χ1v) is 6.67. The average molecular weight is 238 g/mol. The van der Waals surface area contributed by atoms with Gasteiger partial charge in [0.25, 0.3) is 5.91 Å². The van der Waals surface area contributed by atoms with Crippen LogP contribution in [0.5, 0.6) is 0 Å². The Morgan fingerprint density at radius 1 is 1.62 bits per heavy atom. The molecule has 88 valence electrons. The van der Waals surface area contributed by atoms with E-state index < -0.39 is 0 Å². The molecule has 2 rings (SSSR count). The zero-order valence-corrected chi connectivity index (χ0v) is 10.4. The normalized spacial score (nSPS) is 20.4. The van der Waals surface area contributed by atoms with Gasteiger partial charge < -0.3 is 10.6 Å². The highest BCUT2D eigenvalue weighted by Gasteiger charge is 2.28. The summed E-state index contributed by atoms with van der Waals surface area (Å²) in [5.41, 5.74) is 5.68. The monoisotopic (exact) mass is 238 g/mol. The molecule has 0 saturated carbocycles. The van der Waals surface area contributed by atoms with Crippen LogP contribution in [-0.2, 0) is 6.42 Å². The molecule has 1 saturated heterocycles. The summed E-state index contributed by atoms with van der Waals surface area (Å²) in [6, 6.07) is 4.24. The van der Waals surface area contributed by atoms with E-state index in [9.17, 15) is 4.79 Å². The maximum Gasteiger partial charge on any atom is 0.264 e. The van der Waals surface area contributed by atoms with Crippen molar-refractivity contribution in [2.75, 3.05) is 13.1 Å². The minimum absolute atomic E-state index is 0.164. The van der Waals surface area contributed by atoms with Crippen LogP contribution in [0.2, 0.25) is 0 Å². The Balaban J connectivity index is 2.12. The molecule has 1 amide bonds. The van der Waals surface area contributed by atoms with Gasteiger partial charge in [0.2, 0.25) is 0 Å². The predicted octanol–water partition coefficient (Wildman–Crippen LogP) is 1.87. The zero-order chi connectivity index (χ0) is 11.5. The first kappa shape index (κ1) is 11.6. The highest BCUT2D eigenvalue weighted by Crippen LogP contribution is 2.23. The maximum atomic E-state index is 12.2. The van der Waals surface area contributed by atoms with Crippen molar-refractivity contribution in [1.29, 1.82) is 0 Å². The van der Waals surface area contributed by atoms with Crippen molar-refractivity contribution in [2.24, 2.45) is 5.73 Å². The van der Waals surface area contributed by atoms with Crippen LogP contribution in [0.4, 0.5) is 0 Å². The molecule has 4 heteroatoms. The van der Waals surface area contributed by atoms with Crippen LogP contribution >= 0.6 is 11.3 Å². The summed E-state index contributed by atoms with van der Waals surface area (Å²) in [4.78, 5) is 16.3. The largest absolute Gasteiger partial charge is 0.334 e. The Labute approximate surface area is 100 Å². The van der Waals surface area contributed by atoms with Gasteiger partial charge in [-0.25, -0.2) is 0 Å². The molecule has 3 nitrogen and oxygen atoms in total. The lowest BCUT2D eigenvalue weighted by atomic mass is 10.2. The highest BCUT2D eigenvalue weighted by molar-refractivity contribution is 7.14. The second kappa shape index (κ2) is 4.97. The third kappa shape index (κ3) is 2.13. The van der Waals surface area contributed by atoms with E-state index in [1.807, 2.05) is 17.0 Å². The van der Waals surface area contributed by atoms with Crippen LogP contribution in [-0.4, -0.2) is 29.9 Å². The van der Waals surface area contributed by atoms with Crippen molar-refractivity contribution < 1.29 is 4.79 Å². The molecule has 1 aromatic heterocycles. The summed E-state index contributed by atoms with van der Waals surface area (Å²) >= 11 is 1.61. The van der Waals surface area contributed by atoms with Gasteiger partial charge >= 0.3 is 0 Å². The Hall–Kier alpha value is -0.870. The quantitative estimate of drug-likeness (QED) is 0.874. The lowest BCUT2D eigenvalue weighted by Gasteiger charge is -2.22. The number of nitrogens with two attached hydrogens (primary N) is 1. The number of likely N-dealkylation sites (tertiary alicyclic amines) is 1. The molecule has 16 heavy (non-hydrogen) atoms. The first-order chi connectivity index (χ1) is 7.76. The zero-order valence-electron chi connectivity index (χ0n) is 9.61. The van der Waals surface area contributed by atoms with Crippen molar-refractivity contribution in [3.8, 4) is 0 Å². The number of aryl methyl sites for hydroxylation is 1. The first-order valence-electron chi connectivity index (χ1n) is 5.86. The van der Waals surface area contributed by atoms with E-state index in [0.717, 1.165) is 30.7 Å². The Kier molecular flexibility index (Phi) is 3.61. The van der Waals surface area contributed by atoms with E-state index in [1.165, 1.54) is 4.88 Å². The predicted molar refractivity (Wildman–Crippen MR) is 66.8 cm³/mol. The van der Waals surface area contributed by atoms with E-state index in [0.29, 0.717) is 6.54 Å². The summed E-state index contributed by atoms with van der Waals surface area (Å²) in [6.45, 7) is 3.55. The van der Waals surface area contributed by atoms with E-state index in [2.05, 4.69) is 6.92 Å². The average Bonchev–Trinajstić information content (AvgIpc) is 2.96. The van der Waals surface area contributed by atoms with Gasteiger partial charge in [0.15, 0.2) is 0 Å². The molecule has 1 fully saturated rings. The number of hydrogen-bond acceptors (Lipinski definition) is 3. The molecule has 1 aromatic rings. The van der Waals surface area contributed by atoms with Crippen LogP contribution < -0.4 is 5.73 Å². The standard InChI is InChI=1S/C12H18N2OS/c1-2-10-5-6-11(16-10)12(15)14-7-3-4-9(14)8-13/h5-6,9H,2-4,7-8,13H2,1H3.